The standard InChI is InChI=1S/C12H11N3OS/c1-8-10(3-2-5-14-8)16-11-7-9(12(13)17)4-6-15-11/h2-7H,1H3,(H2,13,17). The van der Waals surface area contributed by atoms with Crippen LogP contribution in [0.15, 0.2) is 36.7 Å². The third-order valence-corrected chi connectivity index (χ3v) is 2.43. The van der Waals surface area contributed by atoms with Crippen LogP contribution in [-0.2, 0) is 0 Å². The first-order valence-electron chi connectivity index (χ1n) is 5.02. The predicted octanol–water partition coefficient (Wildman–Crippen LogP) is 2.21. The van der Waals surface area contributed by atoms with Crippen molar-refractivity contribution in [3.8, 4) is 11.6 Å². The smallest absolute Gasteiger partial charge is 0.219 e. The summed E-state index contributed by atoms with van der Waals surface area (Å²) in [4.78, 5) is 8.54. The lowest BCUT2D eigenvalue weighted by molar-refractivity contribution is 0.456. The van der Waals surface area contributed by atoms with Crippen LogP contribution in [0.5, 0.6) is 11.6 Å². The Morgan fingerprint density at radius 1 is 1.29 bits per heavy atom. The molecule has 0 radical (unpaired) electrons. The number of aromatic nitrogens is 2. The highest BCUT2D eigenvalue weighted by molar-refractivity contribution is 7.80. The summed E-state index contributed by atoms with van der Waals surface area (Å²) in [5.41, 5.74) is 7.07. The minimum absolute atomic E-state index is 0.320. The maximum absolute atomic E-state index is 5.61. The van der Waals surface area contributed by atoms with Gasteiger partial charge in [0.15, 0.2) is 5.75 Å². The molecular formula is C12H11N3OS. The van der Waals surface area contributed by atoms with Gasteiger partial charge in [0.2, 0.25) is 5.88 Å². The Balaban J connectivity index is 2.28. The molecule has 4 nitrogen and oxygen atoms in total. The molecule has 0 spiro atoms. The molecule has 17 heavy (non-hydrogen) atoms. The lowest BCUT2D eigenvalue weighted by Gasteiger charge is -2.07. The molecule has 0 atom stereocenters. The fraction of sp³-hybridized carbons (Fsp3) is 0.0833. The average molecular weight is 245 g/mol. The summed E-state index contributed by atoms with van der Waals surface area (Å²) in [6, 6.07) is 7.08. The van der Waals surface area contributed by atoms with Crippen LogP contribution in [0.3, 0.4) is 0 Å². The second-order valence-electron chi connectivity index (χ2n) is 3.44. The molecule has 0 unspecified atom stereocenters. The second-order valence-corrected chi connectivity index (χ2v) is 3.88. The van der Waals surface area contributed by atoms with Gasteiger partial charge in [0.1, 0.15) is 4.99 Å². The molecule has 0 saturated carbocycles. The second kappa shape index (κ2) is 4.88. The van der Waals surface area contributed by atoms with E-state index >= 15 is 0 Å². The Bertz CT molecular complexity index is 557. The van der Waals surface area contributed by atoms with E-state index in [1.165, 1.54) is 0 Å². The lowest BCUT2D eigenvalue weighted by Crippen LogP contribution is -2.09. The molecule has 5 heteroatoms. The summed E-state index contributed by atoms with van der Waals surface area (Å²) >= 11 is 4.89. The Morgan fingerprint density at radius 3 is 2.82 bits per heavy atom. The van der Waals surface area contributed by atoms with Crippen molar-refractivity contribution in [3.63, 3.8) is 0 Å². The van der Waals surface area contributed by atoms with E-state index in [4.69, 9.17) is 22.7 Å². The topological polar surface area (TPSA) is 61.0 Å². The van der Waals surface area contributed by atoms with Crippen molar-refractivity contribution >= 4 is 17.2 Å². The van der Waals surface area contributed by atoms with E-state index in [9.17, 15) is 0 Å². The molecule has 2 N–H and O–H groups in total. The van der Waals surface area contributed by atoms with Crippen molar-refractivity contribution in [1.29, 1.82) is 0 Å². The van der Waals surface area contributed by atoms with Crippen LogP contribution < -0.4 is 10.5 Å². The number of thiocarbonyl (C=S) groups is 1. The Morgan fingerprint density at radius 2 is 2.12 bits per heavy atom. The molecule has 0 fully saturated rings. The Hall–Kier alpha value is -2.01. The van der Waals surface area contributed by atoms with Crippen molar-refractivity contribution in [2.45, 2.75) is 6.92 Å². The van der Waals surface area contributed by atoms with E-state index in [-0.39, 0.29) is 0 Å². The van der Waals surface area contributed by atoms with Gasteiger partial charge in [-0.05, 0) is 25.1 Å². The van der Waals surface area contributed by atoms with Crippen molar-refractivity contribution in [2.75, 3.05) is 0 Å². The first-order chi connectivity index (χ1) is 8.16. The highest BCUT2D eigenvalue weighted by atomic mass is 32.1. The third kappa shape index (κ3) is 2.76. The highest BCUT2D eigenvalue weighted by Crippen LogP contribution is 2.21. The van der Waals surface area contributed by atoms with Gasteiger partial charge < -0.3 is 10.5 Å². The zero-order valence-electron chi connectivity index (χ0n) is 9.25. The minimum atomic E-state index is 0.320. The van der Waals surface area contributed by atoms with Gasteiger partial charge in [-0.25, -0.2) is 4.98 Å². The molecule has 2 rings (SSSR count). The molecule has 2 aromatic heterocycles. The molecule has 86 valence electrons. The fourth-order valence-electron chi connectivity index (χ4n) is 1.31. The summed E-state index contributed by atoms with van der Waals surface area (Å²) in [6.07, 6.45) is 3.32. The number of nitrogens with two attached hydrogens (primary N) is 1. The summed E-state index contributed by atoms with van der Waals surface area (Å²) in [6.45, 7) is 1.87. The molecule has 2 heterocycles. The number of pyridine rings is 2. The average Bonchev–Trinajstić information content (AvgIpc) is 2.32. The SMILES string of the molecule is Cc1ncccc1Oc1cc(C(N)=S)ccn1. The van der Waals surface area contributed by atoms with Gasteiger partial charge in [0, 0.05) is 24.0 Å². The molecule has 0 aliphatic rings. The first kappa shape index (κ1) is 11.5. The van der Waals surface area contributed by atoms with Gasteiger partial charge in [0.25, 0.3) is 0 Å². The van der Waals surface area contributed by atoms with Crippen LogP contribution >= 0.6 is 12.2 Å². The largest absolute Gasteiger partial charge is 0.437 e. The number of rotatable bonds is 3. The van der Waals surface area contributed by atoms with Crippen LogP contribution in [0.25, 0.3) is 0 Å². The minimum Gasteiger partial charge on any atom is -0.437 e. The molecule has 0 aromatic carbocycles. The quantitative estimate of drug-likeness (QED) is 0.840. The number of hydrogen-bond donors (Lipinski definition) is 1. The molecule has 2 aromatic rings. The van der Waals surface area contributed by atoms with E-state index in [0.29, 0.717) is 16.6 Å². The van der Waals surface area contributed by atoms with Crippen molar-refractivity contribution < 1.29 is 4.74 Å². The number of ether oxygens (including phenoxy) is 1. The van der Waals surface area contributed by atoms with Gasteiger partial charge in [-0.1, -0.05) is 12.2 Å². The predicted molar refractivity (Wildman–Crippen MR) is 69.2 cm³/mol. The summed E-state index contributed by atoms with van der Waals surface area (Å²) in [5, 5.41) is 0. The van der Waals surface area contributed by atoms with Crippen molar-refractivity contribution in [2.24, 2.45) is 5.73 Å². The first-order valence-corrected chi connectivity index (χ1v) is 5.43. The summed E-state index contributed by atoms with van der Waals surface area (Å²) < 4.78 is 5.61. The van der Waals surface area contributed by atoms with Gasteiger partial charge in [-0.15, -0.1) is 0 Å². The van der Waals surface area contributed by atoms with Crippen LogP contribution in [0.1, 0.15) is 11.3 Å². The normalized spacial score (nSPS) is 9.94. The molecule has 0 aliphatic heterocycles. The van der Waals surface area contributed by atoms with Crippen molar-refractivity contribution in [3.05, 3.63) is 47.9 Å². The Kier molecular flexibility index (Phi) is 3.30. The molecule has 0 aliphatic carbocycles. The van der Waals surface area contributed by atoms with E-state index in [2.05, 4.69) is 9.97 Å². The highest BCUT2D eigenvalue weighted by Gasteiger charge is 2.04. The van der Waals surface area contributed by atoms with E-state index < -0.39 is 0 Å². The monoisotopic (exact) mass is 245 g/mol. The van der Waals surface area contributed by atoms with E-state index in [1.54, 1.807) is 30.6 Å². The van der Waals surface area contributed by atoms with Gasteiger partial charge in [-0.3, -0.25) is 4.98 Å². The number of aryl methyl sites for hydroxylation is 1. The lowest BCUT2D eigenvalue weighted by atomic mass is 10.3. The zero-order valence-corrected chi connectivity index (χ0v) is 10.1. The van der Waals surface area contributed by atoms with Crippen LogP contribution in [0.2, 0.25) is 0 Å². The van der Waals surface area contributed by atoms with E-state index in [1.807, 2.05) is 13.0 Å². The van der Waals surface area contributed by atoms with Gasteiger partial charge in [-0.2, -0.15) is 0 Å². The van der Waals surface area contributed by atoms with Gasteiger partial charge in [0.05, 0.1) is 5.69 Å². The Labute approximate surface area is 104 Å². The maximum Gasteiger partial charge on any atom is 0.219 e. The number of nitrogens with zero attached hydrogens (tertiary/aromatic N) is 2. The molecular weight excluding hydrogens is 234 g/mol. The summed E-state index contributed by atoms with van der Waals surface area (Å²) in [5.74, 6) is 1.12. The van der Waals surface area contributed by atoms with Gasteiger partial charge >= 0.3 is 0 Å². The van der Waals surface area contributed by atoms with Crippen LogP contribution in [0, 0.1) is 6.92 Å². The van der Waals surface area contributed by atoms with Crippen molar-refractivity contribution in [1.82, 2.24) is 9.97 Å². The van der Waals surface area contributed by atoms with Crippen LogP contribution in [0.4, 0.5) is 0 Å². The summed E-state index contributed by atoms with van der Waals surface area (Å²) in [7, 11) is 0. The fourth-order valence-corrected chi connectivity index (χ4v) is 1.44. The third-order valence-electron chi connectivity index (χ3n) is 2.19. The molecule has 0 saturated heterocycles. The van der Waals surface area contributed by atoms with Crippen LogP contribution in [-0.4, -0.2) is 15.0 Å². The molecule has 0 bridgehead atoms. The number of hydrogen-bond acceptors (Lipinski definition) is 4. The molecule has 0 amide bonds. The zero-order chi connectivity index (χ0) is 12.3. The maximum atomic E-state index is 5.61. The van der Waals surface area contributed by atoms with E-state index in [0.717, 1.165) is 11.3 Å².